The number of hydrogen-bond donors (Lipinski definition) is 1. The maximum absolute atomic E-state index is 3.48. The Morgan fingerprint density at radius 1 is 0.783 bits per heavy atom. The molecule has 1 aliphatic rings. The molecule has 0 amide bonds. The largest absolute Gasteiger partial charge is 0.385 e. The second-order valence-corrected chi connectivity index (χ2v) is 6.14. The van der Waals surface area contributed by atoms with Crippen molar-refractivity contribution in [2.24, 2.45) is 0 Å². The summed E-state index contributed by atoms with van der Waals surface area (Å²) in [4.78, 5) is 4.95. The van der Waals surface area contributed by atoms with Gasteiger partial charge in [-0.3, -0.25) is 0 Å². The van der Waals surface area contributed by atoms with E-state index in [1.807, 2.05) is 0 Å². The summed E-state index contributed by atoms with van der Waals surface area (Å²) in [6.07, 6.45) is 2.46. The van der Waals surface area contributed by atoms with E-state index in [9.17, 15) is 0 Å². The molecule has 1 heterocycles. The lowest BCUT2D eigenvalue weighted by atomic mass is 10.2. The van der Waals surface area contributed by atoms with Gasteiger partial charge in [-0.15, -0.1) is 0 Å². The fraction of sp³-hybridized carbons (Fsp3) is 0.400. The Morgan fingerprint density at radius 3 is 1.91 bits per heavy atom. The van der Waals surface area contributed by atoms with Crippen molar-refractivity contribution in [2.75, 3.05) is 47.8 Å². The van der Waals surface area contributed by atoms with E-state index in [1.54, 1.807) is 0 Å². The highest BCUT2D eigenvalue weighted by Gasteiger charge is 2.17. The van der Waals surface area contributed by atoms with Gasteiger partial charge in [0.2, 0.25) is 0 Å². The third-order valence-corrected chi connectivity index (χ3v) is 4.49. The zero-order valence-corrected chi connectivity index (χ0v) is 14.0. The molecule has 0 aromatic heterocycles. The molecule has 0 unspecified atom stereocenters. The summed E-state index contributed by atoms with van der Waals surface area (Å²) in [5.41, 5.74) is 3.89. The monoisotopic (exact) mass is 309 g/mol. The van der Waals surface area contributed by atoms with Crippen molar-refractivity contribution in [3.05, 3.63) is 54.6 Å². The van der Waals surface area contributed by atoms with Gasteiger partial charge in [0.15, 0.2) is 0 Å². The van der Waals surface area contributed by atoms with Crippen molar-refractivity contribution >= 4 is 17.1 Å². The highest BCUT2D eigenvalue weighted by molar-refractivity contribution is 5.56. The van der Waals surface area contributed by atoms with Crippen LogP contribution < -0.4 is 15.1 Å². The fourth-order valence-corrected chi connectivity index (χ4v) is 3.06. The molecule has 1 fully saturated rings. The third-order valence-electron chi connectivity index (χ3n) is 4.49. The van der Waals surface area contributed by atoms with Gasteiger partial charge >= 0.3 is 0 Å². The molecular formula is C20H27N3. The predicted octanol–water partition coefficient (Wildman–Crippen LogP) is 4.23. The number of piperazine rings is 1. The SMILES string of the molecule is CCCCNc1ccc(N2CCN(c3ccccc3)CC2)cc1. The minimum Gasteiger partial charge on any atom is -0.385 e. The van der Waals surface area contributed by atoms with Gasteiger partial charge < -0.3 is 15.1 Å². The van der Waals surface area contributed by atoms with Crippen LogP contribution in [0.2, 0.25) is 0 Å². The summed E-state index contributed by atoms with van der Waals surface area (Å²) in [6, 6.07) is 19.6. The summed E-state index contributed by atoms with van der Waals surface area (Å²) in [7, 11) is 0. The van der Waals surface area contributed by atoms with E-state index in [0.717, 1.165) is 32.7 Å². The number of rotatable bonds is 6. The first-order valence-electron chi connectivity index (χ1n) is 8.75. The third kappa shape index (κ3) is 4.19. The molecule has 23 heavy (non-hydrogen) atoms. The Hall–Kier alpha value is -2.16. The molecule has 0 atom stereocenters. The van der Waals surface area contributed by atoms with Gasteiger partial charge in [0.1, 0.15) is 0 Å². The normalized spacial score (nSPS) is 14.8. The van der Waals surface area contributed by atoms with Crippen molar-refractivity contribution in [2.45, 2.75) is 19.8 Å². The van der Waals surface area contributed by atoms with Gasteiger partial charge in [0.25, 0.3) is 0 Å². The van der Waals surface area contributed by atoms with Crippen LogP contribution in [0.15, 0.2) is 54.6 Å². The Bertz CT molecular complexity index is 572. The number of unbranched alkanes of at least 4 members (excludes halogenated alkanes) is 1. The number of hydrogen-bond acceptors (Lipinski definition) is 3. The van der Waals surface area contributed by atoms with Crippen molar-refractivity contribution in [1.29, 1.82) is 0 Å². The van der Waals surface area contributed by atoms with Gasteiger partial charge in [0, 0.05) is 49.8 Å². The minimum atomic E-state index is 1.06. The molecule has 1 saturated heterocycles. The number of anilines is 3. The maximum Gasteiger partial charge on any atom is 0.0368 e. The molecule has 0 bridgehead atoms. The van der Waals surface area contributed by atoms with Crippen LogP contribution in [-0.2, 0) is 0 Å². The molecule has 1 aliphatic heterocycles. The van der Waals surface area contributed by atoms with E-state index in [4.69, 9.17) is 0 Å². The molecule has 3 rings (SSSR count). The van der Waals surface area contributed by atoms with Crippen LogP contribution in [0.3, 0.4) is 0 Å². The van der Waals surface area contributed by atoms with Crippen LogP contribution in [0.5, 0.6) is 0 Å². The topological polar surface area (TPSA) is 18.5 Å². The summed E-state index contributed by atoms with van der Waals surface area (Å²) in [5.74, 6) is 0. The number of benzene rings is 2. The highest BCUT2D eigenvalue weighted by atomic mass is 15.3. The van der Waals surface area contributed by atoms with Gasteiger partial charge in [-0.1, -0.05) is 31.5 Å². The van der Waals surface area contributed by atoms with Crippen LogP contribution >= 0.6 is 0 Å². The molecular weight excluding hydrogens is 282 g/mol. The summed E-state index contributed by atoms with van der Waals surface area (Å²) >= 11 is 0. The maximum atomic E-state index is 3.48. The molecule has 2 aromatic rings. The first kappa shape index (κ1) is 15.7. The van der Waals surface area contributed by atoms with Crippen LogP contribution in [0.1, 0.15) is 19.8 Å². The second kappa shape index (κ2) is 7.91. The molecule has 3 heteroatoms. The quantitative estimate of drug-likeness (QED) is 0.806. The van der Waals surface area contributed by atoms with E-state index in [1.165, 1.54) is 29.9 Å². The number of nitrogens with one attached hydrogen (secondary N) is 1. The van der Waals surface area contributed by atoms with E-state index in [2.05, 4.69) is 76.6 Å². The first-order valence-corrected chi connectivity index (χ1v) is 8.75. The van der Waals surface area contributed by atoms with Gasteiger partial charge in [-0.25, -0.2) is 0 Å². The van der Waals surface area contributed by atoms with Crippen molar-refractivity contribution in [1.82, 2.24) is 0 Å². The summed E-state index contributed by atoms with van der Waals surface area (Å²) < 4.78 is 0. The van der Waals surface area contributed by atoms with Gasteiger partial charge in [-0.2, -0.15) is 0 Å². The zero-order chi connectivity index (χ0) is 15.9. The lowest BCUT2D eigenvalue weighted by Gasteiger charge is -2.37. The van der Waals surface area contributed by atoms with Crippen LogP contribution in [0.4, 0.5) is 17.1 Å². The first-order chi connectivity index (χ1) is 11.4. The summed E-state index contributed by atoms with van der Waals surface area (Å²) in [6.45, 7) is 7.61. The molecule has 2 aromatic carbocycles. The predicted molar refractivity (Wildman–Crippen MR) is 101 cm³/mol. The Balaban J connectivity index is 1.53. The smallest absolute Gasteiger partial charge is 0.0368 e. The lowest BCUT2D eigenvalue weighted by molar-refractivity contribution is 0.653. The average Bonchev–Trinajstić information content (AvgIpc) is 2.63. The molecule has 0 aliphatic carbocycles. The summed E-state index contributed by atoms with van der Waals surface area (Å²) in [5, 5.41) is 3.48. The average molecular weight is 309 g/mol. The minimum absolute atomic E-state index is 1.06. The molecule has 0 saturated carbocycles. The van der Waals surface area contributed by atoms with E-state index < -0.39 is 0 Å². The van der Waals surface area contributed by atoms with Crippen LogP contribution in [0, 0.1) is 0 Å². The van der Waals surface area contributed by atoms with Crippen LogP contribution in [-0.4, -0.2) is 32.7 Å². The van der Waals surface area contributed by atoms with E-state index >= 15 is 0 Å². The van der Waals surface area contributed by atoms with Gasteiger partial charge in [0.05, 0.1) is 0 Å². The van der Waals surface area contributed by atoms with Gasteiger partial charge in [-0.05, 0) is 42.8 Å². The zero-order valence-electron chi connectivity index (χ0n) is 14.0. The molecule has 3 nitrogen and oxygen atoms in total. The fourth-order valence-electron chi connectivity index (χ4n) is 3.06. The van der Waals surface area contributed by atoms with E-state index in [-0.39, 0.29) is 0 Å². The molecule has 0 spiro atoms. The molecule has 0 radical (unpaired) electrons. The molecule has 1 N–H and O–H groups in total. The van der Waals surface area contributed by atoms with Crippen LogP contribution in [0.25, 0.3) is 0 Å². The second-order valence-electron chi connectivity index (χ2n) is 6.14. The van der Waals surface area contributed by atoms with E-state index in [0.29, 0.717) is 0 Å². The number of para-hydroxylation sites is 1. The van der Waals surface area contributed by atoms with Crippen molar-refractivity contribution in [3.8, 4) is 0 Å². The van der Waals surface area contributed by atoms with Crippen molar-refractivity contribution < 1.29 is 0 Å². The van der Waals surface area contributed by atoms with Crippen molar-refractivity contribution in [3.63, 3.8) is 0 Å². The number of nitrogens with zero attached hydrogens (tertiary/aromatic N) is 2. The standard InChI is InChI=1S/C20H27N3/c1-2-3-13-21-18-9-11-20(12-10-18)23-16-14-22(15-17-23)19-7-5-4-6-8-19/h4-12,21H,2-3,13-17H2,1H3. The lowest BCUT2D eigenvalue weighted by Crippen LogP contribution is -2.46. The Morgan fingerprint density at radius 2 is 1.35 bits per heavy atom. The Labute approximate surface area is 139 Å². The Kier molecular flexibility index (Phi) is 5.41. The highest BCUT2D eigenvalue weighted by Crippen LogP contribution is 2.22. The molecule has 122 valence electrons.